The van der Waals surface area contributed by atoms with Crippen LogP contribution in [-0.2, 0) is 17.5 Å². The number of amides is 1. The Balaban J connectivity index is 1.58. The number of halogens is 5. The maximum absolute atomic E-state index is 13.5. The van der Waals surface area contributed by atoms with Crippen molar-refractivity contribution in [3.8, 4) is 0 Å². The van der Waals surface area contributed by atoms with Gasteiger partial charge in [0.25, 0.3) is 0 Å². The normalized spacial score (nSPS) is 23.6. The van der Waals surface area contributed by atoms with Crippen molar-refractivity contribution in [2.45, 2.75) is 37.5 Å². The topological polar surface area (TPSA) is 73.0 Å². The van der Waals surface area contributed by atoms with Crippen LogP contribution in [0.3, 0.4) is 0 Å². The van der Waals surface area contributed by atoms with Crippen LogP contribution in [0, 0.1) is 0 Å². The van der Waals surface area contributed by atoms with Gasteiger partial charge in [0.15, 0.2) is 18.2 Å². The maximum Gasteiger partial charge on any atom is 0.433 e. The predicted molar refractivity (Wildman–Crippen MR) is 93.9 cm³/mol. The molecule has 12 heteroatoms. The third-order valence-corrected chi connectivity index (χ3v) is 5.06. The molecule has 0 saturated carbocycles. The SMILES string of the molecule is O=C([C@@H]1CC=Cc2nn(Cc3ccc(C(F)(F)F)nc3)c(=O)n21)N1C[C@@H](F)[C@@H](F)C1. The van der Waals surface area contributed by atoms with Gasteiger partial charge in [-0.1, -0.05) is 12.1 Å². The summed E-state index contributed by atoms with van der Waals surface area (Å²) in [5.74, 6) is -0.404. The standard InChI is InChI=1S/C18H16F5N5O2/c19-11-8-26(9-12(11)20)16(29)13-2-1-3-15-25-27(17(30)28(13)15)7-10-4-5-14(24-6-10)18(21,22)23/h1,3-6,11-13H,2,7-9H2/t11-,12+,13-/m0/s1. The fourth-order valence-corrected chi connectivity index (χ4v) is 3.54. The molecule has 3 atom stereocenters. The predicted octanol–water partition coefficient (Wildman–Crippen LogP) is 1.98. The Morgan fingerprint density at radius 3 is 2.47 bits per heavy atom. The Kier molecular flexibility index (Phi) is 4.94. The van der Waals surface area contributed by atoms with Gasteiger partial charge >= 0.3 is 11.9 Å². The highest BCUT2D eigenvalue weighted by atomic mass is 19.4. The minimum Gasteiger partial charge on any atom is -0.335 e. The van der Waals surface area contributed by atoms with E-state index in [2.05, 4.69) is 10.1 Å². The van der Waals surface area contributed by atoms with E-state index in [4.69, 9.17) is 0 Å². The summed E-state index contributed by atoms with van der Waals surface area (Å²) < 4.78 is 67.0. The second-order valence-corrected chi connectivity index (χ2v) is 7.15. The number of allylic oxidation sites excluding steroid dienone is 1. The first-order valence-electron chi connectivity index (χ1n) is 9.10. The first kappa shape index (κ1) is 20.2. The fourth-order valence-electron chi connectivity index (χ4n) is 3.54. The average molecular weight is 429 g/mol. The lowest BCUT2D eigenvalue weighted by atomic mass is 10.1. The Morgan fingerprint density at radius 1 is 1.17 bits per heavy atom. The second-order valence-electron chi connectivity index (χ2n) is 7.15. The van der Waals surface area contributed by atoms with E-state index in [-0.39, 0.29) is 31.9 Å². The largest absolute Gasteiger partial charge is 0.433 e. The fraction of sp³-hybridized carbons (Fsp3) is 0.444. The number of rotatable bonds is 3. The van der Waals surface area contributed by atoms with E-state index in [1.54, 1.807) is 6.08 Å². The van der Waals surface area contributed by atoms with Crippen LogP contribution in [0.25, 0.3) is 6.08 Å². The lowest BCUT2D eigenvalue weighted by Crippen LogP contribution is -2.41. The van der Waals surface area contributed by atoms with Crippen molar-refractivity contribution in [3.63, 3.8) is 0 Å². The zero-order chi connectivity index (χ0) is 21.6. The summed E-state index contributed by atoms with van der Waals surface area (Å²) in [4.78, 5) is 30.0. The molecule has 4 heterocycles. The highest BCUT2D eigenvalue weighted by molar-refractivity contribution is 5.82. The van der Waals surface area contributed by atoms with Crippen LogP contribution in [0.15, 0.2) is 29.2 Å². The van der Waals surface area contributed by atoms with E-state index in [9.17, 15) is 31.5 Å². The Hall–Kier alpha value is -3.05. The molecule has 160 valence electrons. The Morgan fingerprint density at radius 2 is 1.87 bits per heavy atom. The summed E-state index contributed by atoms with van der Waals surface area (Å²) in [6, 6.07) is 0.998. The maximum atomic E-state index is 13.5. The van der Waals surface area contributed by atoms with Crippen molar-refractivity contribution in [1.29, 1.82) is 0 Å². The van der Waals surface area contributed by atoms with E-state index < -0.39 is 41.9 Å². The quantitative estimate of drug-likeness (QED) is 0.700. The van der Waals surface area contributed by atoms with Gasteiger partial charge in [0, 0.05) is 6.20 Å². The first-order valence-corrected chi connectivity index (χ1v) is 9.10. The van der Waals surface area contributed by atoms with Crippen molar-refractivity contribution in [2.24, 2.45) is 0 Å². The van der Waals surface area contributed by atoms with E-state index in [1.807, 2.05) is 0 Å². The monoisotopic (exact) mass is 429 g/mol. The van der Waals surface area contributed by atoms with Crippen molar-refractivity contribution >= 4 is 12.0 Å². The molecule has 4 rings (SSSR count). The third kappa shape index (κ3) is 3.61. The number of pyridine rings is 1. The molecule has 0 spiro atoms. The van der Waals surface area contributed by atoms with E-state index >= 15 is 0 Å². The molecule has 0 radical (unpaired) electrons. The highest BCUT2D eigenvalue weighted by Crippen LogP contribution is 2.28. The van der Waals surface area contributed by atoms with E-state index in [0.717, 1.165) is 26.4 Å². The molecule has 2 aliphatic rings. The van der Waals surface area contributed by atoms with Crippen molar-refractivity contribution in [3.05, 3.63) is 52.0 Å². The van der Waals surface area contributed by atoms with Crippen LogP contribution in [0.2, 0.25) is 0 Å². The molecule has 1 saturated heterocycles. The molecule has 2 aliphatic heterocycles. The Labute approximate surface area is 166 Å². The summed E-state index contributed by atoms with van der Waals surface area (Å²) >= 11 is 0. The van der Waals surface area contributed by atoms with E-state index in [0.29, 0.717) is 5.56 Å². The number of carbonyl (C=O) groups is 1. The van der Waals surface area contributed by atoms with Gasteiger partial charge in [-0.2, -0.15) is 13.2 Å². The number of aromatic nitrogens is 4. The molecule has 1 amide bonds. The van der Waals surface area contributed by atoms with Crippen LogP contribution in [0.5, 0.6) is 0 Å². The van der Waals surface area contributed by atoms with Crippen LogP contribution in [-0.4, -0.2) is 55.6 Å². The van der Waals surface area contributed by atoms with Gasteiger partial charge in [0.05, 0.1) is 19.6 Å². The number of nitrogens with zero attached hydrogens (tertiary/aromatic N) is 5. The van der Waals surface area contributed by atoms with Crippen LogP contribution < -0.4 is 5.69 Å². The van der Waals surface area contributed by atoms with Crippen LogP contribution >= 0.6 is 0 Å². The molecule has 0 aromatic carbocycles. The molecular weight excluding hydrogens is 413 g/mol. The number of fused-ring (bicyclic) bond motifs is 1. The number of carbonyl (C=O) groups excluding carboxylic acids is 1. The molecule has 0 unspecified atom stereocenters. The minimum atomic E-state index is -4.58. The molecule has 30 heavy (non-hydrogen) atoms. The molecule has 2 aromatic heterocycles. The third-order valence-electron chi connectivity index (χ3n) is 5.06. The zero-order valence-electron chi connectivity index (χ0n) is 15.4. The molecule has 2 aromatic rings. The number of likely N-dealkylation sites (tertiary alicyclic amines) is 1. The van der Waals surface area contributed by atoms with Crippen molar-refractivity contribution < 1.29 is 26.7 Å². The Bertz CT molecular complexity index is 1030. The summed E-state index contributed by atoms with van der Waals surface area (Å²) in [7, 11) is 0. The number of hydrogen-bond acceptors (Lipinski definition) is 4. The zero-order valence-corrected chi connectivity index (χ0v) is 15.4. The van der Waals surface area contributed by atoms with Gasteiger partial charge in [-0.15, -0.1) is 5.10 Å². The second kappa shape index (κ2) is 7.33. The lowest BCUT2D eigenvalue weighted by Gasteiger charge is -2.24. The molecule has 0 bridgehead atoms. The van der Waals surface area contributed by atoms with Crippen molar-refractivity contribution in [2.75, 3.05) is 13.1 Å². The van der Waals surface area contributed by atoms with Crippen molar-refractivity contribution in [1.82, 2.24) is 24.2 Å². The molecule has 0 aliphatic carbocycles. The smallest absolute Gasteiger partial charge is 0.335 e. The first-order chi connectivity index (χ1) is 14.1. The minimum absolute atomic E-state index is 0.151. The summed E-state index contributed by atoms with van der Waals surface area (Å²) in [6.07, 6.45) is -3.79. The van der Waals surface area contributed by atoms with Gasteiger partial charge in [-0.25, -0.2) is 18.3 Å². The van der Waals surface area contributed by atoms with Gasteiger partial charge in [0.1, 0.15) is 11.7 Å². The number of alkyl halides is 5. The lowest BCUT2D eigenvalue weighted by molar-refractivity contribution is -0.141. The van der Waals surface area contributed by atoms with Crippen LogP contribution in [0.4, 0.5) is 22.0 Å². The number of hydrogen-bond donors (Lipinski definition) is 0. The summed E-state index contributed by atoms with van der Waals surface area (Å²) in [5.41, 5.74) is -1.40. The molecular formula is C18H16F5N5O2. The van der Waals surface area contributed by atoms with Gasteiger partial charge < -0.3 is 4.90 Å². The van der Waals surface area contributed by atoms with Gasteiger partial charge in [-0.05, 0) is 24.1 Å². The summed E-state index contributed by atoms with van der Waals surface area (Å²) in [6.45, 7) is -0.910. The van der Waals surface area contributed by atoms with Crippen LogP contribution in [0.1, 0.15) is 29.5 Å². The van der Waals surface area contributed by atoms with E-state index in [1.165, 1.54) is 12.1 Å². The van der Waals surface area contributed by atoms with Gasteiger partial charge in [-0.3, -0.25) is 14.3 Å². The van der Waals surface area contributed by atoms with Gasteiger partial charge in [0.2, 0.25) is 5.91 Å². The average Bonchev–Trinajstić information content (AvgIpc) is 3.20. The molecule has 1 fully saturated rings. The molecule has 0 N–H and O–H groups in total. The summed E-state index contributed by atoms with van der Waals surface area (Å²) in [5, 5.41) is 4.12. The highest BCUT2D eigenvalue weighted by Gasteiger charge is 2.40. The molecule has 7 nitrogen and oxygen atoms in total.